The first-order chi connectivity index (χ1) is 12.1. The quantitative estimate of drug-likeness (QED) is 0.697. The van der Waals surface area contributed by atoms with Crippen LogP contribution in [-0.4, -0.2) is 28.3 Å². The van der Waals surface area contributed by atoms with Gasteiger partial charge in [-0.25, -0.2) is 4.79 Å². The number of hydrogen-bond donors (Lipinski definition) is 3. The van der Waals surface area contributed by atoms with E-state index in [1.54, 1.807) is 24.3 Å². The number of nitrogens with one attached hydrogen (secondary N) is 1. The maximum atomic E-state index is 12.7. The number of carbonyl (C=O) groups is 1. The highest BCUT2D eigenvalue weighted by molar-refractivity contribution is 5.76. The van der Waals surface area contributed by atoms with Gasteiger partial charge in [0, 0.05) is 13.1 Å². The number of benzene rings is 2. The van der Waals surface area contributed by atoms with E-state index in [0.29, 0.717) is 5.75 Å². The Morgan fingerprint density at radius 3 is 2.35 bits per heavy atom. The summed E-state index contributed by atoms with van der Waals surface area (Å²) in [4.78, 5) is 10.8. The molecule has 1 atom stereocenters. The molecule has 0 spiro atoms. The first-order valence-electron chi connectivity index (χ1n) is 7.68. The molecule has 8 heteroatoms. The average molecular weight is 369 g/mol. The Morgan fingerprint density at radius 2 is 1.73 bits per heavy atom. The molecule has 26 heavy (non-hydrogen) atoms. The van der Waals surface area contributed by atoms with Gasteiger partial charge in [-0.3, -0.25) is 0 Å². The molecule has 0 heterocycles. The third-order valence-corrected chi connectivity index (χ3v) is 3.55. The lowest BCUT2D eigenvalue weighted by molar-refractivity contribution is -0.156. The van der Waals surface area contributed by atoms with Gasteiger partial charge in [-0.1, -0.05) is 18.2 Å². The van der Waals surface area contributed by atoms with Crippen LogP contribution in [0, 0.1) is 0 Å². The van der Waals surface area contributed by atoms with Crippen LogP contribution in [0.1, 0.15) is 18.1 Å². The van der Waals surface area contributed by atoms with E-state index in [4.69, 9.17) is 9.84 Å². The van der Waals surface area contributed by atoms with Gasteiger partial charge in [-0.2, -0.15) is 13.2 Å². The average Bonchev–Trinajstić information content (AvgIpc) is 2.54. The van der Waals surface area contributed by atoms with Crippen LogP contribution in [0.3, 0.4) is 0 Å². The third-order valence-electron chi connectivity index (χ3n) is 3.55. The number of carboxylic acid groups (broad SMARTS) is 1. The van der Waals surface area contributed by atoms with Gasteiger partial charge < -0.3 is 20.3 Å². The molecule has 0 saturated carbocycles. The summed E-state index contributed by atoms with van der Waals surface area (Å²) in [6, 6.07) is 11.2. The molecule has 0 fully saturated rings. The van der Waals surface area contributed by atoms with E-state index in [1.165, 1.54) is 19.1 Å². The highest BCUT2D eigenvalue weighted by Crippen LogP contribution is 2.32. The second-order valence-electron chi connectivity index (χ2n) is 5.96. The molecule has 0 amide bonds. The first kappa shape index (κ1) is 19.7. The standard InChI is InChI=1S/C18H18F3NO4/c1-17(25,16(23)24)11-22-10-12-4-2-6-14(8-12)26-15-7-3-5-13(9-15)18(19,20)21/h2-9,22,25H,10-11H2,1H3,(H,23,24). The van der Waals surface area contributed by atoms with Crippen LogP contribution in [0.25, 0.3) is 0 Å². The van der Waals surface area contributed by atoms with E-state index < -0.39 is 23.3 Å². The molecule has 0 bridgehead atoms. The molecule has 0 aromatic heterocycles. The van der Waals surface area contributed by atoms with Gasteiger partial charge in [0.1, 0.15) is 11.5 Å². The molecule has 2 aromatic carbocycles. The van der Waals surface area contributed by atoms with Crippen LogP contribution in [-0.2, 0) is 17.5 Å². The fourth-order valence-corrected chi connectivity index (χ4v) is 2.12. The number of carboxylic acids is 1. The number of aliphatic hydroxyl groups is 1. The molecule has 5 nitrogen and oxygen atoms in total. The van der Waals surface area contributed by atoms with Crippen molar-refractivity contribution in [3.8, 4) is 11.5 Å². The van der Waals surface area contributed by atoms with E-state index in [1.807, 2.05) is 0 Å². The topological polar surface area (TPSA) is 78.8 Å². The Bertz CT molecular complexity index is 775. The van der Waals surface area contributed by atoms with Gasteiger partial charge in [-0.05, 0) is 42.8 Å². The Kier molecular flexibility index (Phi) is 5.89. The van der Waals surface area contributed by atoms with Crippen molar-refractivity contribution in [3.05, 3.63) is 59.7 Å². The van der Waals surface area contributed by atoms with Crippen molar-refractivity contribution in [3.63, 3.8) is 0 Å². The molecule has 2 aromatic rings. The number of aliphatic carboxylic acids is 1. The van der Waals surface area contributed by atoms with Gasteiger partial charge in [0.2, 0.25) is 0 Å². The lowest BCUT2D eigenvalue weighted by Gasteiger charge is -2.18. The minimum absolute atomic E-state index is 0.0544. The zero-order valence-corrected chi connectivity index (χ0v) is 13.9. The van der Waals surface area contributed by atoms with Crippen LogP contribution < -0.4 is 10.1 Å². The molecular weight excluding hydrogens is 351 g/mol. The molecule has 0 aliphatic carbocycles. The highest BCUT2D eigenvalue weighted by atomic mass is 19.4. The summed E-state index contributed by atoms with van der Waals surface area (Å²) in [5.41, 5.74) is -1.98. The monoisotopic (exact) mass is 369 g/mol. The summed E-state index contributed by atoms with van der Waals surface area (Å²) < 4.78 is 43.7. The van der Waals surface area contributed by atoms with Crippen molar-refractivity contribution < 1.29 is 32.9 Å². The molecular formula is C18H18F3NO4. The fraction of sp³-hybridized carbons (Fsp3) is 0.278. The van der Waals surface area contributed by atoms with Crippen molar-refractivity contribution in [1.82, 2.24) is 5.32 Å². The number of alkyl halides is 3. The van der Waals surface area contributed by atoms with Gasteiger partial charge >= 0.3 is 12.1 Å². The molecule has 0 saturated heterocycles. The number of ether oxygens (including phenoxy) is 1. The SMILES string of the molecule is CC(O)(CNCc1cccc(Oc2cccc(C(F)(F)F)c2)c1)C(=O)O. The molecule has 0 aliphatic rings. The normalized spacial score (nSPS) is 13.9. The smallest absolute Gasteiger partial charge is 0.416 e. The zero-order valence-electron chi connectivity index (χ0n) is 13.9. The zero-order chi connectivity index (χ0) is 19.4. The lowest BCUT2D eigenvalue weighted by atomic mass is 10.1. The Labute approximate surface area is 148 Å². The van der Waals surface area contributed by atoms with Crippen LogP contribution in [0.5, 0.6) is 11.5 Å². The Balaban J connectivity index is 2.02. The molecule has 0 aliphatic heterocycles. The Morgan fingerprint density at radius 1 is 1.12 bits per heavy atom. The van der Waals surface area contributed by atoms with E-state index >= 15 is 0 Å². The Hall–Kier alpha value is -2.58. The summed E-state index contributed by atoms with van der Waals surface area (Å²) in [6.45, 7) is 1.26. The van der Waals surface area contributed by atoms with E-state index in [2.05, 4.69) is 5.32 Å². The summed E-state index contributed by atoms with van der Waals surface area (Å²) in [7, 11) is 0. The van der Waals surface area contributed by atoms with Crippen LogP contribution in [0.2, 0.25) is 0 Å². The van der Waals surface area contributed by atoms with Crippen LogP contribution >= 0.6 is 0 Å². The highest BCUT2D eigenvalue weighted by Gasteiger charge is 2.31. The molecule has 2 rings (SSSR count). The van der Waals surface area contributed by atoms with Crippen LogP contribution in [0.4, 0.5) is 13.2 Å². The molecule has 1 unspecified atom stereocenters. The van der Waals surface area contributed by atoms with Crippen molar-refractivity contribution in [2.45, 2.75) is 25.2 Å². The second-order valence-corrected chi connectivity index (χ2v) is 5.96. The summed E-state index contributed by atoms with van der Waals surface area (Å²) in [6.07, 6.45) is -4.45. The van der Waals surface area contributed by atoms with Gasteiger partial charge in [-0.15, -0.1) is 0 Å². The van der Waals surface area contributed by atoms with E-state index in [9.17, 15) is 23.1 Å². The maximum absolute atomic E-state index is 12.7. The largest absolute Gasteiger partial charge is 0.479 e. The number of hydrogen-bond acceptors (Lipinski definition) is 4. The minimum Gasteiger partial charge on any atom is -0.479 e. The van der Waals surface area contributed by atoms with Gasteiger partial charge in [0.05, 0.1) is 5.56 Å². The van der Waals surface area contributed by atoms with Gasteiger partial charge in [0.25, 0.3) is 0 Å². The summed E-state index contributed by atoms with van der Waals surface area (Å²) >= 11 is 0. The minimum atomic E-state index is -4.45. The summed E-state index contributed by atoms with van der Waals surface area (Å²) in [5, 5.41) is 21.3. The predicted molar refractivity (Wildman–Crippen MR) is 87.9 cm³/mol. The van der Waals surface area contributed by atoms with Crippen molar-refractivity contribution in [2.75, 3.05) is 6.54 Å². The van der Waals surface area contributed by atoms with Crippen LogP contribution in [0.15, 0.2) is 48.5 Å². The predicted octanol–water partition coefficient (Wildman–Crippen LogP) is 3.42. The fourth-order valence-electron chi connectivity index (χ4n) is 2.12. The molecule has 140 valence electrons. The number of rotatable bonds is 7. The third kappa shape index (κ3) is 5.47. The van der Waals surface area contributed by atoms with Gasteiger partial charge in [0.15, 0.2) is 5.60 Å². The van der Waals surface area contributed by atoms with Crippen molar-refractivity contribution >= 4 is 5.97 Å². The summed E-state index contributed by atoms with van der Waals surface area (Å²) in [5.74, 6) is -0.945. The van der Waals surface area contributed by atoms with Crippen molar-refractivity contribution in [2.24, 2.45) is 0 Å². The molecule has 3 N–H and O–H groups in total. The van der Waals surface area contributed by atoms with Crippen molar-refractivity contribution in [1.29, 1.82) is 0 Å². The maximum Gasteiger partial charge on any atom is 0.416 e. The first-order valence-corrected chi connectivity index (χ1v) is 7.68. The second kappa shape index (κ2) is 7.76. The van der Waals surface area contributed by atoms with E-state index in [0.717, 1.165) is 17.7 Å². The van der Waals surface area contributed by atoms with E-state index in [-0.39, 0.29) is 18.8 Å². The molecule has 0 radical (unpaired) electrons. The lowest BCUT2D eigenvalue weighted by Crippen LogP contribution is -2.44. The number of halogens is 3.